The van der Waals surface area contributed by atoms with Crippen molar-refractivity contribution in [1.82, 2.24) is 0 Å². The number of thioether (sulfide) groups is 1. The molecule has 1 saturated heterocycles. The summed E-state index contributed by atoms with van der Waals surface area (Å²) in [4.78, 5) is 22.8. The van der Waals surface area contributed by atoms with Crippen LogP contribution in [0.4, 0.5) is 18.9 Å². The summed E-state index contributed by atoms with van der Waals surface area (Å²) in [6.45, 7) is 0. The van der Waals surface area contributed by atoms with Crippen LogP contribution in [0, 0.1) is 5.92 Å². The van der Waals surface area contributed by atoms with E-state index in [1.807, 2.05) is 0 Å². The molecule has 0 radical (unpaired) electrons. The molecule has 2 N–H and O–H groups in total. The van der Waals surface area contributed by atoms with Crippen LogP contribution in [0.1, 0.15) is 22.3 Å². The first-order chi connectivity index (χ1) is 9.77. The van der Waals surface area contributed by atoms with Crippen molar-refractivity contribution in [3.05, 3.63) is 29.3 Å². The number of nitrogens with one attached hydrogen (secondary N) is 1. The van der Waals surface area contributed by atoms with Crippen molar-refractivity contribution < 1.29 is 27.9 Å². The summed E-state index contributed by atoms with van der Waals surface area (Å²) in [5.41, 5.74) is -1.76. The highest BCUT2D eigenvalue weighted by molar-refractivity contribution is 7.99. The molecule has 1 aromatic rings. The van der Waals surface area contributed by atoms with Crippen LogP contribution in [0.5, 0.6) is 0 Å². The smallest absolute Gasteiger partial charge is 0.416 e. The monoisotopic (exact) mass is 319 g/mol. The van der Waals surface area contributed by atoms with E-state index in [2.05, 4.69) is 5.32 Å². The van der Waals surface area contributed by atoms with Gasteiger partial charge in [-0.2, -0.15) is 24.9 Å². The second-order valence-corrected chi connectivity index (χ2v) is 5.80. The van der Waals surface area contributed by atoms with Crippen molar-refractivity contribution in [2.45, 2.75) is 12.6 Å². The molecule has 2 rings (SSSR count). The molecule has 1 aliphatic heterocycles. The Kier molecular flexibility index (Phi) is 4.46. The van der Waals surface area contributed by atoms with E-state index in [0.717, 1.165) is 17.9 Å². The normalized spacial score (nSPS) is 18.5. The van der Waals surface area contributed by atoms with Crippen LogP contribution >= 0.6 is 11.8 Å². The summed E-state index contributed by atoms with van der Waals surface area (Å²) in [7, 11) is 0. The molecule has 1 aliphatic rings. The van der Waals surface area contributed by atoms with Crippen molar-refractivity contribution in [3.8, 4) is 0 Å². The van der Waals surface area contributed by atoms with Crippen LogP contribution in [-0.2, 0) is 11.0 Å². The number of anilines is 1. The Morgan fingerprint density at radius 3 is 2.52 bits per heavy atom. The molecule has 1 aromatic carbocycles. The minimum atomic E-state index is -4.67. The Hall–Kier alpha value is -1.70. The number of carboxylic acid groups (broad SMARTS) is 1. The molecule has 1 heterocycles. The zero-order chi connectivity index (χ0) is 15.6. The van der Waals surface area contributed by atoms with E-state index in [4.69, 9.17) is 5.11 Å². The van der Waals surface area contributed by atoms with Crippen LogP contribution in [0.3, 0.4) is 0 Å². The zero-order valence-corrected chi connectivity index (χ0v) is 11.6. The summed E-state index contributed by atoms with van der Waals surface area (Å²) in [6, 6.07) is 2.31. The highest BCUT2D eigenvalue weighted by Gasteiger charge is 2.32. The fourth-order valence-electron chi connectivity index (χ4n) is 1.97. The highest BCUT2D eigenvalue weighted by atomic mass is 32.2. The first-order valence-electron chi connectivity index (χ1n) is 6.11. The standard InChI is InChI=1S/C13H12F3NO3S/c14-13(15,16)9-3-8(12(19)20)4-10(5-9)17-11(18)7-1-2-21-6-7/h3-5,7H,1-2,6H2,(H,17,18)(H,19,20). The molecule has 0 bridgehead atoms. The van der Waals surface area contributed by atoms with Crippen LogP contribution < -0.4 is 5.32 Å². The van der Waals surface area contributed by atoms with E-state index >= 15 is 0 Å². The Balaban J connectivity index is 2.27. The lowest BCUT2D eigenvalue weighted by atomic mass is 10.1. The number of hydrogen-bond acceptors (Lipinski definition) is 3. The van der Waals surface area contributed by atoms with Crippen molar-refractivity contribution in [2.24, 2.45) is 5.92 Å². The number of carboxylic acids is 1. The first-order valence-corrected chi connectivity index (χ1v) is 7.27. The zero-order valence-electron chi connectivity index (χ0n) is 10.7. The molecular formula is C13H12F3NO3S. The van der Waals surface area contributed by atoms with Gasteiger partial charge in [0.25, 0.3) is 0 Å². The predicted molar refractivity (Wildman–Crippen MR) is 72.5 cm³/mol. The molecule has 4 nitrogen and oxygen atoms in total. The van der Waals surface area contributed by atoms with Gasteiger partial charge in [-0.25, -0.2) is 4.79 Å². The van der Waals surface area contributed by atoms with Crippen LogP contribution in [0.2, 0.25) is 0 Å². The van der Waals surface area contributed by atoms with Gasteiger partial charge in [0.15, 0.2) is 0 Å². The summed E-state index contributed by atoms with van der Waals surface area (Å²) >= 11 is 1.60. The van der Waals surface area contributed by atoms with Gasteiger partial charge in [-0.05, 0) is 30.4 Å². The molecule has 0 aliphatic carbocycles. The number of halogens is 3. The Bertz CT molecular complexity index is 568. The van der Waals surface area contributed by atoms with Crippen LogP contribution in [0.25, 0.3) is 0 Å². The van der Waals surface area contributed by atoms with E-state index < -0.39 is 23.3 Å². The van der Waals surface area contributed by atoms with Gasteiger partial charge >= 0.3 is 12.1 Å². The number of aromatic carboxylic acids is 1. The molecule has 1 atom stereocenters. The third kappa shape index (κ3) is 3.90. The van der Waals surface area contributed by atoms with E-state index in [9.17, 15) is 22.8 Å². The Labute approximate surface area is 122 Å². The van der Waals surface area contributed by atoms with Crippen molar-refractivity contribution in [1.29, 1.82) is 0 Å². The number of carbonyl (C=O) groups is 2. The maximum atomic E-state index is 12.7. The molecule has 114 valence electrons. The first kappa shape index (κ1) is 15.7. The molecule has 1 amide bonds. The quantitative estimate of drug-likeness (QED) is 0.898. The molecule has 1 unspecified atom stereocenters. The third-order valence-electron chi connectivity index (χ3n) is 3.08. The van der Waals surface area contributed by atoms with Gasteiger partial charge in [-0.3, -0.25) is 4.79 Å². The van der Waals surface area contributed by atoms with Gasteiger partial charge in [0.05, 0.1) is 11.1 Å². The number of benzene rings is 1. The summed E-state index contributed by atoms with van der Waals surface area (Å²) in [6.07, 6.45) is -4.00. The van der Waals surface area contributed by atoms with Crippen molar-refractivity contribution in [3.63, 3.8) is 0 Å². The molecule has 0 saturated carbocycles. The number of rotatable bonds is 3. The number of hydrogen-bond donors (Lipinski definition) is 2. The average Bonchev–Trinajstić information content (AvgIpc) is 2.91. The number of amides is 1. The Morgan fingerprint density at radius 1 is 1.29 bits per heavy atom. The molecule has 1 fully saturated rings. The largest absolute Gasteiger partial charge is 0.478 e. The predicted octanol–water partition coefficient (Wildman–Crippen LogP) is 3.10. The fraction of sp³-hybridized carbons (Fsp3) is 0.385. The maximum Gasteiger partial charge on any atom is 0.416 e. The topological polar surface area (TPSA) is 66.4 Å². The maximum absolute atomic E-state index is 12.7. The molecular weight excluding hydrogens is 307 g/mol. The lowest BCUT2D eigenvalue weighted by Crippen LogP contribution is -2.23. The second-order valence-electron chi connectivity index (χ2n) is 4.65. The number of alkyl halides is 3. The lowest BCUT2D eigenvalue weighted by Gasteiger charge is -2.13. The van der Waals surface area contributed by atoms with Crippen LogP contribution in [0.15, 0.2) is 18.2 Å². The van der Waals surface area contributed by atoms with Crippen molar-refractivity contribution >= 4 is 29.3 Å². The second kappa shape index (κ2) is 5.97. The summed E-state index contributed by atoms with van der Waals surface area (Å²) in [5.74, 6) is -0.654. The summed E-state index contributed by atoms with van der Waals surface area (Å²) < 4.78 is 38.2. The minimum Gasteiger partial charge on any atom is -0.478 e. The lowest BCUT2D eigenvalue weighted by molar-refractivity contribution is -0.137. The summed E-state index contributed by atoms with van der Waals surface area (Å²) in [5, 5.41) is 11.2. The van der Waals surface area contributed by atoms with Crippen molar-refractivity contribution in [2.75, 3.05) is 16.8 Å². The van der Waals surface area contributed by atoms with E-state index in [0.29, 0.717) is 18.2 Å². The van der Waals surface area contributed by atoms with Gasteiger partial charge in [0, 0.05) is 17.4 Å². The molecule has 21 heavy (non-hydrogen) atoms. The highest BCUT2D eigenvalue weighted by Crippen LogP contribution is 2.32. The molecule has 8 heteroatoms. The van der Waals surface area contributed by atoms with Gasteiger partial charge in [-0.15, -0.1) is 0 Å². The fourth-order valence-corrected chi connectivity index (χ4v) is 3.19. The van der Waals surface area contributed by atoms with Crippen LogP contribution in [-0.4, -0.2) is 28.5 Å². The third-order valence-corrected chi connectivity index (χ3v) is 4.24. The number of carbonyl (C=O) groups excluding carboxylic acids is 1. The molecule has 0 spiro atoms. The van der Waals surface area contributed by atoms with Gasteiger partial charge in [0.1, 0.15) is 0 Å². The van der Waals surface area contributed by atoms with Gasteiger partial charge in [-0.1, -0.05) is 0 Å². The van der Waals surface area contributed by atoms with E-state index in [1.165, 1.54) is 0 Å². The van der Waals surface area contributed by atoms with E-state index in [-0.39, 0.29) is 17.5 Å². The molecule has 0 aromatic heterocycles. The van der Waals surface area contributed by atoms with E-state index in [1.54, 1.807) is 11.8 Å². The van der Waals surface area contributed by atoms with Gasteiger partial charge in [0.2, 0.25) is 5.91 Å². The minimum absolute atomic E-state index is 0.149. The SMILES string of the molecule is O=C(O)c1cc(NC(=O)C2CCSC2)cc(C(F)(F)F)c1. The Morgan fingerprint density at radius 2 is 2.00 bits per heavy atom. The average molecular weight is 319 g/mol. The van der Waals surface area contributed by atoms with Gasteiger partial charge < -0.3 is 10.4 Å².